The van der Waals surface area contributed by atoms with E-state index < -0.39 is 11.7 Å². The lowest BCUT2D eigenvalue weighted by Crippen LogP contribution is -2.21. The summed E-state index contributed by atoms with van der Waals surface area (Å²) in [4.78, 5) is 8.61. The second-order valence-electron chi connectivity index (χ2n) is 6.80. The highest BCUT2D eigenvalue weighted by molar-refractivity contribution is 6.00. The Balaban J connectivity index is 1.67. The van der Waals surface area contributed by atoms with E-state index in [2.05, 4.69) is 21.7 Å². The Labute approximate surface area is 154 Å². The molecule has 2 aliphatic rings. The Hall–Kier alpha value is -2.48. The highest BCUT2D eigenvalue weighted by Crippen LogP contribution is 2.38. The molecule has 0 N–H and O–H groups in total. The van der Waals surface area contributed by atoms with Gasteiger partial charge in [-0.25, -0.2) is 9.67 Å². The first-order valence-corrected chi connectivity index (χ1v) is 8.84. The summed E-state index contributed by atoms with van der Waals surface area (Å²) in [5.41, 5.74) is 1.56. The number of hydrogen-bond donors (Lipinski definition) is 0. The summed E-state index contributed by atoms with van der Waals surface area (Å²) in [6.07, 6.45) is 0.807. The number of aliphatic imine (C=N–C) groups is 1. The second kappa shape index (κ2) is 6.92. The number of halogens is 3. The van der Waals surface area contributed by atoms with Gasteiger partial charge in [-0.1, -0.05) is 6.58 Å². The molecule has 4 rings (SSSR count). The molecule has 0 spiro atoms. The molecule has 1 saturated heterocycles. The molecule has 2 aromatic heterocycles. The van der Waals surface area contributed by atoms with E-state index in [1.54, 1.807) is 6.20 Å². The fourth-order valence-corrected chi connectivity index (χ4v) is 3.58. The van der Waals surface area contributed by atoms with Gasteiger partial charge < -0.3 is 4.74 Å². The molecule has 0 unspecified atom stereocenters. The summed E-state index contributed by atoms with van der Waals surface area (Å²) in [5.74, 6) is 0.678. The average molecular weight is 376 g/mol. The molecule has 1 fully saturated rings. The molecule has 8 heteroatoms. The summed E-state index contributed by atoms with van der Waals surface area (Å²) in [7, 11) is 0. The van der Waals surface area contributed by atoms with Crippen LogP contribution in [0.25, 0.3) is 5.57 Å². The number of fused-ring (bicyclic) bond motifs is 1. The Kier molecular flexibility index (Phi) is 4.59. The number of allylic oxidation sites excluding steroid dienone is 1. The van der Waals surface area contributed by atoms with E-state index in [4.69, 9.17) is 4.74 Å². The molecule has 0 saturated carbocycles. The highest BCUT2D eigenvalue weighted by Gasteiger charge is 2.34. The number of pyridine rings is 1. The average Bonchev–Trinajstić information content (AvgIpc) is 3.06. The maximum absolute atomic E-state index is 13.3. The Morgan fingerprint density at radius 2 is 2.04 bits per heavy atom. The van der Waals surface area contributed by atoms with Crippen LogP contribution in [-0.4, -0.2) is 33.7 Å². The normalized spacial score (nSPS) is 18.3. The minimum atomic E-state index is -4.44. The van der Waals surface area contributed by atoms with Crippen molar-refractivity contribution in [3.63, 3.8) is 0 Å². The predicted octanol–water partition coefficient (Wildman–Crippen LogP) is 4.38. The summed E-state index contributed by atoms with van der Waals surface area (Å²) < 4.78 is 47.0. The monoisotopic (exact) mass is 376 g/mol. The smallest absolute Gasteiger partial charge is 0.381 e. The molecule has 0 aromatic carbocycles. The van der Waals surface area contributed by atoms with Crippen molar-refractivity contribution in [1.82, 2.24) is 14.8 Å². The van der Waals surface area contributed by atoms with Gasteiger partial charge in [0.2, 0.25) is 0 Å². The lowest BCUT2D eigenvalue weighted by atomic mass is 9.97. The van der Waals surface area contributed by atoms with Gasteiger partial charge >= 0.3 is 6.18 Å². The first-order chi connectivity index (χ1) is 12.9. The van der Waals surface area contributed by atoms with Crippen molar-refractivity contribution in [3.8, 4) is 0 Å². The van der Waals surface area contributed by atoms with E-state index in [1.807, 2.05) is 4.68 Å². The summed E-state index contributed by atoms with van der Waals surface area (Å²) in [6, 6.07) is 2.53. The van der Waals surface area contributed by atoms with Crippen molar-refractivity contribution in [2.75, 3.05) is 13.2 Å². The molecule has 2 aliphatic heterocycles. The van der Waals surface area contributed by atoms with Gasteiger partial charge in [0, 0.05) is 43.5 Å². The van der Waals surface area contributed by atoms with Crippen LogP contribution in [0.5, 0.6) is 0 Å². The van der Waals surface area contributed by atoms with E-state index in [-0.39, 0.29) is 18.2 Å². The fourth-order valence-electron chi connectivity index (χ4n) is 3.58. The van der Waals surface area contributed by atoms with Crippen LogP contribution in [0.4, 0.5) is 19.0 Å². The Morgan fingerprint density at radius 3 is 2.78 bits per heavy atom. The predicted molar refractivity (Wildman–Crippen MR) is 95.0 cm³/mol. The molecule has 0 amide bonds. The van der Waals surface area contributed by atoms with Crippen molar-refractivity contribution < 1.29 is 17.9 Å². The Morgan fingerprint density at radius 1 is 1.26 bits per heavy atom. The van der Waals surface area contributed by atoms with Gasteiger partial charge in [-0.15, -0.1) is 0 Å². The van der Waals surface area contributed by atoms with Crippen molar-refractivity contribution in [1.29, 1.82) is 0 Å². The third-order valence-corrected chi connectivity index (χ3v) is 4.94. The molecule has 4 heterocycles. The van der Waals surface area contributed by atoms with E-state index in [9.17, 15) is 13.2 Å². The number of nitrogens with zero attached hydrogens (tertiary/aromatic N) is 4. The summed E-state index contributed by atoms with van der Waals surface area (Å²) in [6.45, 7) is 5.41. The summed E-state index contributed by atoms with van der Waals surface area (Å²) >= 11 is 0. The van der Waals surface area contributed by atoms with Gasteiger partial charge in [-0.3, -0.25) is 4.98 Å². The molecule has 0 radical (unpaired) electrons. The van der Waals surface area contributed by atoms with Crippen LogP contribution < -0.4 is 0 Å². The Bertz CT molecular complexity index is 895. The van der Waals surface area contributed by atoms with Crippen LogP contribution in [-0.2, 0) is 17.3 Å². The quantitative estimate of drug-likeness (QED) is 0.799. The van der Waals surface area contributed by atoms with Crippen LogP contribution >= 0.6 is 0 Å². The maximum Gasteiger partial charge on any atom is 0.418 e. The molecular formula is C19H19F3N4O. The zero-order valence-corrected chi connectivity index (χ0v) is 14.7. The van der Waals surface area contributed by atoms with E-state index >= 15 is 0 Å². The second-order valence-corrected chi connectivity index (χ2v) is 6.80. The first kappa shape index (κ1) is 17.9. The number of rotatable bonds is 3. The molecule has 5 nitrogen and oxygen atoms in total. The topological polar surface area (TPSA) is 52.3 Å². The minimum absolute atomic E-state index is 0.0165. The molecular weight excluding hydrogens is 357 g/mol. The van der Waals surface area contributed by atoms with Gasteiger partial charge in [-0.05, 0) is 30.5 Å². The van der Waals surface area contributed by atoms with Crippen LogP contribution in [0.2, 0.25) is 0 Å². The number of ether oxygens (including phenoxy) is 1. The van der Waals surface area contributed by atoms with Crippen LogP contribution in [0, 0.1) is 0 Å². The molecule has 27 heavy (non-hydrogen) atoms. The first-order valence-electron chi connectivity index (χ1n) is 8.84. The third-order valence-electron chi connectivity index (χ3n) is 4.94. The van der Waals surface area contributed by atoms with E-state index in [1.165, 1.54) is 12.3 Å². The van der Waals surface area contributed by atoms with Gasteiger partial charge in [0.1, 0.15) is 0 Å². The van der Waals surface area contributed by atoms with Crippen molar-refractivity contribution in [2.45, 2.75) is 37.9 Å². The number of alkyl halides is 3. The summed E-state index contributed by atoms with van der Waals surface area (Å²) in [5, 5.41) is 4.47. The largest absolute Gasteiger partial charge is 0.418 e. The van der Waals surface area contributed by atoms with Crippen LogP contribution in [0.15, 0.2) is 36.1 Å². The van der Waals surface area contributed by atoms with Gasteiger partial charge in [0.05, 0.1) is 23.5 Å². The van der Waals surface area contributed by atoms with Crippen molar-refractivity contribution >= 4 is 17.1 Å². The molecule has 0 aliphatic carbocycles. The lowest BCUT2D eigenvalue weighted by molar-refractivity contribution is -0.138. The lowest BCUT2D eigenvalue weighted by Gasteiger charge is -2.25. The van der Waals surface area contributed by atoms with E-state index in [0.29, 0.717) is 31.2 Å². The van der Waals surface area contributed by atoms with Crippen LogP contribution in [0.1, 0.15) is 42.1 Å². The minimum Gasteiger partial charge on any atom is -0.381 e. The van der Waals surface area contributed by atoms with Gasteiger partial charge in [0.15, 0.2) is 5.82 Å². The third kappa shape index (κ3) is 3.53. The zero-order valence-electron chi connectivity index (χ0n) is 14.7. The van der Waals surface area contributed by atoms with Crippen molar-refractivity contribution in [3.05, 3.63) is 47.9 Å². The molecule has 2 aromatic rings. The number of hydrogen-bond acceptors (Lipinski definition) is 4. The zero-order chi connectivity index (χ0) is 19.0. The highest BCUT2D eigenvalue weighted by atomic mass is 19.4. The molecule has 142 valence electrons. The van der Waals surface area contributed by atoms with Crippen LogP contribution in [0.3, 0.4) is 0 Å². The molecule has 0 atom stereocenters. The standard InChI is InChI=1S/C19H19F3N4O/c1-12-9-13(10-17-16(19(20,21)22)3-2-6-23-17)25-18-15(12)11-24-26(18)14-4-7-27-8-5-14/h2-3,6,11,14H,1,4-5,7-10H2. The maximum atomic E-state index is 13.3. The van der Waals surface area contributed by atoms with Crippen molar-refractivity contribution in [2.24, 2.45) is 4.99 Å². The van der Waals surface area contributed by atoms with Gasteiger partial charge in [0.25, 0.3) is 0 Å². The molecule has 0 bridgehead atoms. The van der Waals surface area contributed by atoms with Gasteiger partial charge in [-0.2, -0.15) is 18.3 Å². The fraction of sp³-hybridized carbons (Fsp3) is 0.421. The van der Waals surface area contributed by atoms with E-state index in [0.717, 1.165) is 30.0 Å². The number of aromatic nitrogens is 3. The SMILES string of the molecule is C=C1CC(Cc2ncccc2C(F)(F)F)=Nc2c1cnn2C1CCOCC1.